The Hall–Kier alpha value is -5.77. The van der Waals surface area contributed by atoms with Crippen LogP contribution < -0.4 is 31.9 Å². The van der Waals surface area contributed by atoms with Crippen molar-refractivity contribution in [3.63, 3.8) is 0 Å². The van der Waals surface area contributed by atoms with E-state index in [2.05, 4.69) is 31.9 Å². The molecule has 7 N–H and O–H groups in total. The highest BCUT2D eigenvalue weighted by Gasteiger charge is 2.45. The second-order valence-corrected chi connectivity index (χ2v) is 16.6. The molecule has 1 saturated carbocycles. The quantitative estimate of drug-likeness (QED) is 0.181. The monoisotopic (exact) mass is 812 g/mol. The van der Waals surface area contributed by atoms with Crippen molar-refractivity contribution in [1.82, 2.24) is 41.4 Å². The zero-order valence-corrected chi connectivity index (χ0v) is 34.2. The maximum Gasteiger partial charge on any atom is 0.252 e. The maximum atomic E-state index is 14.8. The normalized spacial score (nSPS) is 27.9. The minimum Gasteiger partial charge on any atom is -0.391 e. The van der Waals surface area contributed by atoms with Crippen LogP contribution in [0.1, 0.15) is 75.7 Å². The maximum absolute atomic E-state index is 14.8. The SMILES string of the molecule is CC(C)C[C@@H]1NC(=O)[C@@H]2CCC[C@H]2NC(=O)[C@H](C)NC(=O)C2C[C@@H](NC(=O)c3cccc4c3ccn4C)CN2C(=O)[C@H](Cc2ccccc2)NC(=O)[C@H]([C@@H](C)O)NC1=O. The van der Waals surface area contributed by atoms with Crippen LogP contribution in [0.15, 0.2) is 60.8 Å². The van der Waals surface area contributed by atoms with Crippen LogP contribution in [0.4, 0.5) is 0 Å². The second-order valence-electron chi connectivity index (χ2n) is 16.6. The molecular weight excluding hydrogens is 757 g/mol. The van der Waals surface area contributed by atoms with Gasteiger partial charge in [-0.2, -0.15) is 0 Å². The standard InChI is InChI=1S/C43H56N8O8/c1-23(2)19-32-40(56)49-36(25(4)52)42(58)48-33(20-26-11-7-6-8-12-26)43(59)51-22-27(45-38(54)29-13-10-16-34-28(29)17-18-50(34)5)21-35(51)41(57)44-24(3)37(53)46-31-15-9-14-30(31)39(55)47-32/h6-8,10-13,16-18,23-25,27,30-33,35-36,52H,9,14-15,19-22H2,1-5H3,(H,44,57)(H,45,54)(H,46,53)(H,47,55)(H,48,58)(H,49,56)/t24-,25+,27+,30+,31+,32-,33-,35?,36-/m0/s1. The van der Waals surface area contributed by atoms with Gasteiger partial charge in [-0.1, -0.05) is 56.7 Å². The lowest BCUT2D eigenvalue weighted by molar-refractivity contribution is -0.143. The second kappa shape index (κ2) is 18.4. The predicted octanol–water partition coefficient (Wildman–Crippen LogP) is 0.805. The van der Waals surface area contributed by atoms with Gasteiger partial charge in [-0.3, -0.25) is 33.6 Å². The van der Waals surface area contributed by atoms with E-state index in [9.17, 15) is 38.7 Å². The summed E-state index contributed by atoms with van der Waals surface area (Å²) in [6, 6.07) is 8.73. The van der Waals surface area contributed by atoms with Crippen molar-refractivity contribution in [3.8, 4) is 0 Å². The Morgan fingerprint density at radius 1 is 0.814 bits per heavy atom. The largest absolute Gasteiger partial charge is 0.391 e. The van der Waals surface area contributed by atoms with E-state index in [0.717, 1.165) is 10.9 Å². The van der Waals surface area contributed by atoms with Gasteiger partial charge in [0.05, 0.1) is 12.0 Å². The Morgan fingerprint density at radius 3 is 2.25 bits per heavy atom. The number of amides is 7. The number of aliphatic hydroxyl groups excluding tert-OH is 1. The number of nitrogens with zero attached hydrogens (tertiary/aromatic N) is 2. The van der Waals surface area contributed by atoms with Gasteiger partial charge >= 0.3 is 0 Å². The fraction of sp³-hybridized carbons (Fsp3) is 0.512. The Bertz CT molecular complexity index is 2070. The summed E-state index contributed by atoms with van der Waals surface area (Å²) in [6.45, 7) is 6.51. The zero-order valence-electron chi connectivity index (χ0n) is 34.2. The van der Waals surface area contributed by atoms with Crippen molar-refractivity contribution in [3.05, 3.63) is 71.9 Å². The van der Waals surface area contributed by atoms with E-state index in [1.807, 2.05) is 43.8 Å². The summed E-state index contributed by atoms with van der Waals surface area (Å²) in [7, 11) is 1.87. The van der Waals surface area contributed by atoms with Gasteiger partial charge in [0.2, 0.25) is 35.4 Å². The van der Waals surface area contributed by atoms with E-state index in [0.29, 0.717) is 30.4 Å². The number of aryl methyl sites for hydroxylation is 1. The molecule has 2 saturated heterocycles. The lowest BCUT2D eigenvalue weighted by Gasteiger charge is -2.31. The molecule has 3 fully saturated rings. The van der Waals surface area contributed by atoms with Gasteiger partial charge in [0.25, 0.3) is 5.91 Å². The first-order chi connectivity index (χ1) is 28.1. The molecule has 3 aromatic rings. The van der Waals surface area contributed by atoms with Gasteiger partial charge < -0.3 is 46.5 Å². The van der Waals surface area contributed by atoms with Crippen LogP contribution in [0.2, 0.25) is 0 Å². The van der Waals surface area contributed by atoms with Gasteiger partial charge in [-0.15, -0.1) is 0 Å². The third-order valence-corrected chi connectivity index (χ3v) is 11.6. The first-order valence-electron chi connectivity index (χ1n) is 20.5. The molecule has 1 unspecified atom stereocenters. The summed E-state index contributed by atoms with van der Waals surface area (Å²) >= 11 is 0. The molecule has 16 heteroatoms. The van der Waals surface area contributed by atoms with Crippen molar-refractivity contribution < 1.29 is 38.7 Å². The molecule has 2 aliphatic heterocycles. The molecule has 16 nitrogen and oxygen atoms in total. The highest BCUT2D eigenvalue weighted by molar-refractivity contribution is 6.07. The molecule has 9 atom stereocenters. The highest BCUT2D eigenvalue weighted by Crippen LogP contribution is 2.27. The number of benzene rings is 2. The van der Waals surface area contributed by atoms with Crippen LogP contribution in [-0.4, -0.2) is 111 Å². The Morgan fingerprint density at radius 2 is 1.54 bits per heavy atom. The Labute approximate surface area is 343 Å². The molecule has 2 aromatic carbocycles. The number of hydrogen-bond acceptors (Lipinski definition) is 8. The van der Waals surface area contributed by atoms with Crippen molar-refractivity contribution in [1.29, 1.82) is 0 Å². The van der Waals surface area contributed by atoms with Crippen molar-refractivity contribution in [2.75, 3.05) is 6.54 Å². The molecule has 0 bridgehead atoms. The number of fused-ring (bicyclic) bond motifs is 3. The van der Waals surface area contributed by atoms with E-state index in [4.69, 9.17) is 0 Å². The van der Waals surface area contributed by atoms with E-state index in [-0.39, 0.29) is 31.7 Å². The van der Waals surface area contributed by atoms with E-state index < -0.39 is 95.7 Å². The smallest absolute Gasteiger partial charge is 0.252 e. The Kier molecular flexibility index (Phi) is 13.4. The first-order valence-corrected chi connectivity index (χ1v) is 20.5. The average Bonchev–Trinajstić information content (AvgIpc) is 3.94. The molecule has 6 rings (SSSR count). The molecule has 316 valence electrons. The summed E-state index contributed by atoms with van der Waals surface area (Å²) in [5.41, 5.74) is 1.95. The van der Waals surface area contributed by atoms with E-state index >= 15 is 0 Å². The number of carbonyl (C=O) groups excluding carboxylic acids is 7. The fourth-order valence-electron chi connectivity index (χ4n) is 8.48. The van der Waals surface area contributed by atoms with E-state index in [1.54, 1.807) is 42.5 Å². The molecule has 1 aromatic heterocycles. The topological polar surface area (TPSA) is 220 Å². The predicted molar refractivity (Wildman–Crippen MR) is 218 cm³/mol. The van der Waals surface area contributed by atoms with Gasteiger partial charge in [0, 0.05) is 54.8 Å². The van der Waals surface area contributed by atoms with Crippen molar-refractivity contribution in [2.24, 2.45) is 18.9 Å². The minimum absolute atomic E-state index is 0.00287. The van der Waals surface area contributed by atoms with Crippen LogP contribution in [-0.2, 0) is 42.2 Å². The molecular formula is C43H56N8O8. The average molecular weight is 813 g/mol. The van der Waals surface area contributed by atoms with Gasteiger partial charge in [-0.25, -0.2) is 0 Å². The van der Waals surface area contributed by atoms with Crippen molar-refractivity contribution in [2.45, 2.75) is 115 Å². The van der Waals surface area contributed by atoms with Crippen LogP contribution in [0.3, 0.4) is 0 Å². The summed E-state index contributed by atoms with van der Waals surface area (Å²) in [5.74, 6) is -4.89. The lowest BCUT2D eigenvalue weighted by Crippen LogP contribution is -2.61. The molecule has 7 amide bonds. The lowest BCUT2D eigenvalue weighted by atomic mass is 9.98. The minimum atomic E-state index is -1.52. The molecule has 1 aliphatic carbocycles. The number of carbonyl (C=O) groups is 7. The third-order valence-electron chi connectivity index (χ3n) is 11.6. The number of rotatable bonds is 7. The van der Waals surface area contributed by atoms with Crippen LogP contribution in [0.5, 0.6) is 0 Å². The number of hydrogen-bond donors (Lipinski definition) is 7. The molecule has 59 heavy (non-hydrogen) atoms. The first kappa shape index (κ1) is 42.8. The fourth-order valence-corrected chi connectivity index (χ4v) is 8.48. The third kappa shape index (κ3) is 9.92. The van der Waals surface area contributed by atoms with Crippen LogP contribution in [0, 0.1) is 11.8 Å². The summed E-state index contributed by atoms with van der Waals surface area (Å²) < 4.78 is 1.89. The number of aliphatic hydroxyl groups is 1. The van der Waals surface area contributed by atoms with Gasteiger partial charge in [0.1, 0.15) is 30.2 Å². The van der Waals surface area contributed by atoms with Gasteiger partial charge in [-0.05, 0) is 69.2 Å². The van der Waals surface area contributed by atoms with Crippen LogP contribution in [0.25, 0.3) is 10.9 Å². The molecule has 0 spiro atoms. The Balaban J connectivity index is 1.35. The van der Waals surface area contributed by atoms with Crippen LogP contribution >= 0.6 is 0 Å². The number of aromatic nitrogens is 1. The molecule has 3 heterocycles. The zero-order chi connectivity index (χ0) is 42.5. The van der Waals surface area contributed by atoms with Gasteiger partial charge in [0.15, 0.2) is 0 Å². The molecule has 3 aliphatic rings. The summed E-state index contributed by atoms with van der Waals surface area (Å²) in [6.07, 6.45) is 2.25. The summed E-state index contributed by atoms with van der Waals surface area (Å²) in [4.78, 5) is 99.4. The van der Waals surface area contributed by atoms with Crippen molar-refractivity contribution >= 4 is 52.3 Å². The highest BCUT2D eigenvalue weighted by atomic mass is 16.3. The summed E-state index contributed by atoms with van der Waals surface area (Å²) in [5, 5.41) is 28.5. The number of nitrogens with one attached hydrogen (secondary N) is 6. The van der Waals surface area contributed by atoms with E-state index in [1.165, 1.54) is 18.7 Å². The molecule has 0 radical (unpaired) electrons.